The largest absolute Gasteiger partial charge is 0.394 e. The highest BCUT2D eigenvalue weighted by Gasteiger charge is 2.30. The molecule has 0 spiro atoms. The molecule has 0 saturated heterocycles. The number of sulfone groups is 1. The van der Waals surface area contributed by atoms with Crippen molar-refractivity contribution < 1.29 is 8.42 Å². The molecule has 1 aromatic heterocycles. The first-order chi connectivity index (χ1) is 8.60. The smallest absolute Gasteiger partial charge is 0.154 e. The number of nitrogen functional groups attached to an aromatic ring is 1. The fourth-order valence-electron chi connectivity index (χ4n) is 1.65. The molecule has 19 heavy (non-hydrogen) atoms. The lowest BCUT2D eigenvalue weighted by atomic mass is 10.2. The molecule has 0 atom stereocenters. The monoisotopic (exact) mass is 288 g/mol. The lowest BCUT2D eigenvalue weighted by molar-refractivity contribution is 0.559. The van der Waals surface area contributed by atoms with Crippen LogP contribution in [0.15, 0.2) is 0 Å². The Morgan fingerprint density at radius 1 is 1.42 bits per heavy atom. The van der Waals surface area contributed by atoms with E-state index < -0.39 is 14.6 Å². The van der Waals surface area contributed by atoms with E-state index >= 15 is 0 Å². The Bertz CT molecular complexity index is 546. The van der Waals surface area contributed by atoms with E-state index in [9.17, 15) is 8.42 Å². The second-order valence-corrected chi connectivity index (χ2v) is 8.12. The summed E-state index contributed by atoms with van der Waals surface area (Å²) in [7, 11) is -1.34. The van der Waals surface area contributed by atoms with E-state index in [0.717, 1.165) is 18.5 Å². The Kier molecular flexibility index (Phi) is 4.50. The molecule has 1 aromatic rings. The maximum atomic E-state index is 11.7. The van der Waals surface area contributed by atoms with E-state index in [4.69, 9.17) is 5.73 Å². The number of rotatable bonds is 6. The Morgan fingerprint density at radius 2 is 2.00 bits per heavy atom. The fraction of sp³-hybridized carbons (Fsp3) is 0.750. The van der Waals surface area contributed by atoms with Crippen LogP contribution in [0.4, 0.5) is 11.5 Å². The number of anilines is 2. The van der Waals surface area contributed by atoms with Gasteiger partial charge in [0.15, 0.2) is 9.84 Å². The predicted molar refractivity (Wildman–Crippen MR) is 79.0 cm³/mol. The molecule has 0 radical (unpaired) electrons. The highest BCUT2D eigenvalue weighted by atomic mass is 32.2. The summed E-state index contributed by atoms with van der Waals surface area (Å²) < 4.78 is 24.1. The zero-order valence-corrected chi connectivity index (χ0v) is 13.1. The Labute approximate surface area is 115 Å². The van der Waals surface area contributed by atoms with Crippen molar-refractivity contribution >= 4 is 21.3 Å². The molecule has 0 amide bonds. The number of aryl methyl sites for hydroxylation is 2. The van der Waals surface area contributed by atoms with Gasteiger partial charge in [-0.1, -0.05) is 13.3 Å². The highest BCUT2D eigenvalue weighted by molar-refractivity contribution is 7.92. The molecular weight excluding hydrogens is 264 g/mol. The van der Waals surface area contributed by atoms with Gasteiger partial charge in [-0.25, -0.2) is 8.42 Å². The molecule has 1 rings (SSSR count). The first-order valence-corrected chi connectivity index (χ1v) is 8.24. The summed E-state index contributed by atoms with van der Waals surface area (Å²) in [4.78, 5) is 0. The van der Waals surface area contributed by atoms with Gasteiger partial charge in [0.1, 0.15) is 5.82 Å². The first kappa shape index (κ1) is 15.8. The molecule has 7 heteroatoms. The van der Waals surface area contributed by atoms with Crippen LogP contribution in [0.2, 0.25) is 0 Å². The Balaban J connectivity index is 2.90. The Morgan fingerprint density at radius 3 is 2.47 bits per heavy atom. The van der Waals surface area contributed by atoms with Crippen LogP contribution >= 0.6 is 0 Å². The van der Waals surface area contributed by atoms with Crippen LogP contribution in [0.3, 0.4) is 0 Å². The topological polar surface area (TPSA) is 90.0 Å². The number of nitrogens with zero attached hydrogens (tertiary/aromatic N) is 2. The molecule has 0 fully saturated rings. The molecule has 0 saturated carbocycles. The lowest BCUT2D eigenvalue weighted by Gasteiger charge is -2.23. The van der Waals surface area contributed by atoms with E-state index in [1.165, 1.54) is 6.26 Å². The van der Waals surface area contributed by atoms with Gasteiger partial charge in [0.05, 0.1) is 16.1 Å². The second kappa shape index (κ2) is 5.40. The third-order valence-electron chi connectivity index (χ3n) is 3.33. The molecule has 0 aliphatic heterocycles. The number of hydrogen-bond acceptors (Lipinski definition) is 5. The van der Waals surface area contributed by atoms with Crippen LogP contribution < -0.4 is 11.1 Å². The maximum Gasteiger partial charge on any atom is 0.154 e. The van der Waals surface area contributed by atoms with Crippen molar-refractivity contribution in [1.82, 2.24) is 9.78 Å². The van der Waals surface area contributed by atoms with Crippen LogP contribution in [-0.2, 0) is 23.3 Å². The summed E-state index contributed by atoms with van der Waals surface area (Å²) in [5.41, 5.74) is 7.49. The standard InChI is InChI=1S/C12H24N4O2S/c1-6-7-9-10(13)11(16(4)15-9)14-8-12(2,3)19(5,17)18/h14H,6-8,13H2,1-5H3. The minimum Gasteiger partial charge on any atom is -0.394 e. The summed E-state index contributed by atoms with van der Waals surface area (Å²) in [6.07, 6.45) is 3.02. The molecular formula is C12H24N4O2S. The number of nitrogens with two attached hydrogens (primary N) is 1. The summed E-state index contributed by atoms with van der Waals surface area (Å²) in [5, 5.41) is 7.45. The minimum absolute atomic E-state index is 0.293. The molecule has 0 aliphatic rings. The molecule has 110 valence electrons. The zero-order chi connectivity index (χ0) is 14.8. The van der Waals surface area contributed by atoms with Gasteiger partial charge in [0, 0.05) is 19.8 Å². The van der Waals surface area contributed by atoms with E-state index in [-0.39, 0.29) is 0 Å². The van der Waals surface area contributed by atoms with Crippen LogP contribution in [0, 0.1) is 0 Å². The van der Waals surface area contributed by atoms with Gasteiger partial charge in [-0.15, -0.1) is 0 Å². The van der Waals surface area contributed by atoms with Gasteiger partial charge in [0.25, 0.3) is 0 Å². The van der Waals surface area contributed by atoms with Gasteiger partial charge in [-0.3, -0.25) is 4.68 Å². The first-order valence-electron chi connectivity index (χ1n) is 6.35. The van der Waals surface area contributed by atoms with Gasteiger partial charge in [0.2, 0.25) is 0 Å². The number of nitrogens with one attached hydrogen (secondary N) is 1. The number of aromatic nitrogens is 2. The summed E-state index contributed by atoms with van der Waals surface area (Å²) in [6.45, 7) is 5.73. The molecule has 0 unspecified atom stereocenters. The predicted octanol–water partition coefficient (Wildman–Crippen LogP) is 1.19. The average Bonchev–Trinajstić information content (AvgIpc) is 2.51. The van der Waals surface area contributed by atoms with Crippen LogP contribution in [0.5, 0.6) is 0 Å². The van der Waals surface area contributed by atoms with Crippen molar-refractivity contribution in [1.29, 1.82) is 0 Å². The quantitative estimate of drug-likeness (QED) is 0.820. The van der Waals surface area contributed by atoms with E-state index in [1.807, 2.05) is 0 Å². The summed E-state index contributed by atoms with van der Waals surface area (Å²) in [6, 6.07) is 0. The molecule has 0 aliphatic carbocycles. The third-order valence-corrected chi connectivity index (χ3v) is 5.48. The maximum absolute atomic E-state index is 11.7. The average molecular weight is 288 g/mol. The van der Waals surface area contributed by atoms with Crippen LogP contribution in [0.1, 0.15) is 32.9 Å². The fourth-order valence-corrected chi connectivity index (χ4v) is 1.99. The number of hydrogen-bond donors (Lipinski definition) is 2. The molecule has 3 N–H and O–H groups in total. The molecule has 6 nitrogen and oxygen atoms in total. The normalized spacial score (nSPS) is 12.7. The summed E-state index contributed by atoms with van der Waals surface area (Å²) in [5.74, 6) is 0.681. The van der Waals surface area contributed by atoms with Crippen molar-refractivity contribution in [3.63, 3.8) is 0 Å². The Hall–Kier alpha value is -1.24. The van der Waals surface area contributed by atoms with Crippen LogP contribution in [0.25, 0.3) is 0 Å². The lowest BCUT2D eigenvalue weighted by Crippen LogP contribution is -2.38. The molecule has 0 aromatic carbocycles. The second-order valence-electron chi connectivity index (χ2n) is 5.47. The van der Waals surface area contributed by atoms with Crippen molar-refractivity contribution in [2.24, 2.45) is 7.05 Å². The SMILES string of the molecule is CCCc1nn(C)c(NCC(C)(C)S(C)(=O)=O)c1N. The minimum atomic E-state index is -3.13. The van der Waals surface area contributed by atoms with Gasteiger partial charge in [-0.2, -0.15) is 5.10 Å². The van der Waals surface area contributed by atoms with Crippen molar-refractivity contribution in [3.8, 4) is 0 Å². The van der Waals surface area contributed by atoms with Gasteiger partial charge >= 0.3 is 0 Å². The highest BCUT2D eigenvalue weighted by Crippen LogP contribution is 2.24. The third kappa shape index (κ3) is 3.40. The van der Waals surface area contributed by atoms with Crippen molar-refractivity contribution in [3.05, 3.63) is 5.69 Å². The summed E-state index contributed by atoms with van der Waals surface area (Å²) >= 11 is 0. The van der Waals surface area contributed by atoms with Gasteiger partial charge in [-0.05, 0) is 20.3 Å². The molecule has 1 heterocycles. The van der Waals surface area contributed by atoms with E-state index in [2.05, 4.69) is 17.3 Å². The molecule has 0 bridgehead atoms. The zero-order valence-electron chi connectivity index (χ0n) is 12.3. The van der Waals surface area contributed by atoms with Crippen LogP contribution in [-0.4, -0.2) is 35.7 Å². The van der Waals surface area contributed by atoms with E-state index in [0.29, 0.717) is 18.1 Å². The van der Waals surface area contributed by atoms with E-state index in [1.54, 1.807) is 25.6 Å². The van der Waals surface area contributed by atoms with Crippen molar-refractivity contribution in [2.75, 3.05) is 23.9 Å². The van der Waals surface area contributed by atoms with Gasteiger partial charge < -0.3 is 11.1 Å². The van der Waals surface area contributed by atoms with Crippen molar-refractivity contribution in [2.45, 2.75) is 38.4 Å².